The highest BCUT2D eigenvalue weighted by Gasteiger charge is 2.31. The Labute approximate surface area is 148 Å². The minimum atomic E-state index is -0.0547. The molecule has 1 aromatic heterocycles. The molecule has 1 unspecified atom stereocenters. The van der Waals surface area contributed by atoms with Crippen LogP contribution in [0.15, 0.2) is 42.7 Å². The lowest BCUT2D eigenvalue weighted by Crippen LogP contribution is -2.43. The molecule has 1 saturated heterocycles. The fourth-order valence-corrected chi connectivity index (χ4v) is 3.27. The van der Waals surface area contributed by atoms with Crippen molar-refractivity contribution in [2.45, 2.75) is 32.4 Å². The smallest absolute Gasteiger partial charge is 0.257 e. The zero-order valence-electron chi connectivity index (χ0n) is 14.8. The molecule has 0 spiro atoms. The van der Waals surface area contributed by atoms with Crippen molar-refractivity contribution in [1.29, 1.82) is 0 Å². The zero-order chi connectivity index (χ0) is 17.8. The molecule has 2 amide bonds. The van der Waals surface area contributed by atoms with Crippen LogP contribution < -0.4 is 0 Å². The molecule has 6 heteroatoms. The summed E-state index contributed by atoms with van der Waals surface area (Å²) in [4.78, 5) is 29.1. The predicted octanol–water partition coefficient (Wildman–Crippen LogP) is 2.07. The standard InChI is InChI=1S/C19H24N4O2/c1-3-17-14-22(19(25)16-11-20-21(2)13-16)10-9-18(24)23(17)12-15-7-5-4-6-8-15/h4-8,11,13,17H,3,9-10,12,14H2,1-2H3. The number of carbonyl (C=O) groups excluding carboxylic acids is 2. The molecule has 1 aromatic carbocycles. The van der Waals surface area contributed by atoms with E-state index in [1.165, 1.54) is 0 Å². The first-order valence-corrected chi connectivity index (χ1v) is 8.69. The molecule has 0 N–H and O–H groups in total. The maximum atomic E-state index is 12.7. The second-order valence-corrected chi connectivity index (χ2v) is 6.47. The summed E-state index contributed by atoms with van der Waals surface area (Å²) < 4.78 is 1.62. The lowest BCUT2D eigenvalue weighted by atomic mass is 10.1. The van der Waals surface area contributed by atoms with E-state index in [9.17, 15) is 9.59 Å². The number of carbonyl (C=O) groups is 2. The Bertz CT molecular complexity index is 741. The van der Waals surface area contributed by atoms with Crippen LogP contribution >= 0.6 is 0 Å². The van der Waals surface area contributed by atoms with Gasteiger partial charge < -0.3 is 9.80 Å². The molecule has 2 heterocycles. The average molecular weight is 340 g/mol. The molecule has 0 aliphatic carbocycles. The maximum Gasteiger partial charge on any atom is 0.257 e. The maximum absolute atomic E-state index is 12.7. The van der Waals surface area contributed by atoms with Crippen LogP contribution in [0.2, 0.25) is 0 Å². The van der Waals surface area contributed by atoms with Gasteiger partial charge in [0.25, 0.3) is 5.91 Å². The Morgan fingerprint density at radius 1 is 1.28 bits per heavy atom. The van der Waals surface area contributed by atoms with Crippen LogP contribution in [0.5, 0.6) is 0 Å². The SMILES string of the molecule is CCC1CN(C(=O)c2cnn(C)c2)CCC(=O)N1Cc1ccccc1. The third-order valence-electron chi connectivity index (χ3n) is 4.69. The number of hydrogen-bond donors (Lipinski definition) is 0. The summed E-state index contributed by atoms with van der Waals surface area (Å²) in [6.07, 6.45) is 4.47. The van der Waals surface area contributed by atoms with Gasteiger partial charge in [0.15, 0.2) is 0 Å². The van der Waals surface area contributed by atoms with Crippen molar-refractivity contribution in [3.05, 3.63) is 53.9 Å². The van der Waals surface area contributed by atoms with Crippen molar-refractivity contribution < 1.29 is 9.59 Å². The van der Waals surface area contributed by atoms with Gasteiger partial charge >= 0.3 is 0 Å². The van der Waals surface area contributed by atoms with Gasteiger partial charge in [-0.1, -0.05) is 37.3 Å². The summed E-state index contributed by atoms with van der Waals surface area (Å²) in [7, 11) is 1.79. The second kappa shape index (κ2) is 7.51. The van der Waals surface area contributed by atoms with Crippen LogP contribution in [0.3, 0.4) is 0 Å². The quantitative estimate of drug-likeness (QED) is 0.856. The summed E-state index contributed by atoms with van der Waals surface area (Å²) in [6, 6.07) is 10.0. The van der Waals surface area contributed by atoms with Gasteiger partial charge in [-0.25, -0.2) is 0 Å². The fourth-order valence-electron chi connectivity index (χ4n) is 3.27. The molecule has 132 valence electrons. The fraction of sp³-hybridized carbons (Fsp3) is 0.421. The molecule has 1 aliphatic rings. The van der Waals surface area contributed by atoms with Gasteiger partial charge in [-0.3, -0.25) is 14.3 Å². The monoisotopic (exact) mass is 340 g/mol. The van der Waals surface area contributed by atoms with E-state index in [0.717, 1.165) is 12.0 Å². The summed E-state index contributed by atoms with van der Waals surface area (Å²) in [6.45, 7) is 3.66. The van der Waals surface area contributed by atoms with E-state index in [1.54, 1.807) is 29.0 Å². The first-order chi connectivity index (χ1) is 12.1. The summed E-state index contributed by atoms with van der Waals surface area (Å²) in [5, 5.41) is 4.07. The van der Waals surface area contributed by atoms with Crippen molar-refractivity contribution >= 4 is 11.8 Å². The third-order valence-corrected chi connectivity index (χ3v) is 4.69. The number of aromatic nitrogens is 2. The van der Waals surface area contributed by atoms with Crippen LogP contribution in [0.4, 0.5) is 0 Å². The minimum absolute atomic E-state index is 0.0239. The van der Waals surface area contributed by atoms with Gasteiger partial charge in [0.2, 0.25) is 5.91 Å². The van der Waals surface area contributed by atoms with Gasteiger partial charge in [-0.05, 0) is 12.0 Å². The summed E-state index contributed by atoms with van der Waals surface area (Å²) in [5.74, 6) is 0.0538. The zero-order valence-corrected chi connectivity index (χ0v) is 14.8. The molecule has 0 saturated carbocycles. The third kappa shape index (κ3) is 3.90. The normalized spacial score (nSPS) is 18.3. The molecule has 2 aromatic rings. The van der Waals surface area contributed by atoms with E-state index in [-0.39, 0.29) is 17.9 Å². The Balaban J connectivity index is 1.77. The highest BCUT2D eigenvalue weighted by Crippen LogP contribution is 2.19. The van der Waals surface area contributed by atoms with E-state index < -0.39 is 0 Å². The lowest BCUT2D eigenvalue weighted by Gasteiger charge is -2.31. The van der Waals surface area contributed by atoms with Crippen LogP contribution in [0, 0.1) is 0 Å². The molecule has 0 bridgehead atoms. The number of nitrogens with zero attached hydrogens (tertiary/aromatic N) is 4. The lowest BCUT2D eigenvalue weighted by molar-refractivity contribution is -0.133. The van der Waals surface area contributed by atoms with Crippen molar-refractivity contribution in [2.24, 2.45) is 7.05 Å². The second-order valence-electron chi connectivity index (χ2n) is 6.47. The molecule has 1 fully saturated rings. The number of aryl methyl sites for hydroxylation is 1. The van der Waals surface area contributed by atoms with Gasteiger partial charge in [0, 0.05) is 45.3 Å². The van der Waals surface area contributed by atoms with Crippen LogP contribution in [0.1, 0.15) is 35.7 Å². The number of hydrogen-bond acceptors (Lipinski definition) is 3. The number of rotatable bonds is 4. The number of benzene rings is 1. The van der Waals surface area contributed by atoms with Gasteiger partial charge in [0.1, 0.15) is 0 Å². The molecule has 25 heavy (non-hydrogen) atoms. The molecule has 6 nitrogen and oxygen atoms in total. The number of amides is 2. The Morgan fingerprint density at radius 2 is 2.04 bits per heavy atom. The Hall–Kier alpha value is -2.63. The summed E-state index contributed by atoms with van der Waals surface area (Å²) in [5.41, 5.74) is 1.68. The van der Waals surface area contributed by atoms with Crippen molar-refractivity contribution in [3.8, 4) is 0 Å². The van der Waals surface area contributed by atoms with Crippen molar-refractivity contribution in [1.82, 2.24) is 19.6 Å². The largest absolute Gasteiger partial charge is 0.336 e. The van der Waals surface area contributed by atoms with E-state index in [0.29, 0.717) is 31.6 Å². The van der Waals surface area contributed by atoms with E-state index in [1.807, 2.05) is 35.2 Å². The molecule has 1 atom stereocenters. The molecule has 1 aliphatic heterocycles. The minimum Gasteiger partial charge on any atom is -0.336 e. The molecular formula is C19H24N4O2. The highest BCUT2D eigenvalue weighted by atomic mass is 16.2. The van der Waals surface area contributed by atoms with Crippen molar-refractivity contribution in [3.63, 3.8) is 0 Å². The predicted molar refractivity (Wildman–Crippen MR) is 94.8 cm³/mol. The molecule has 3 rings (SSSR count). The van der Waals surface area contributed by atoms with Gasteiger partial charge in [-0.15, -0.1) is 0 Å². The summed E-state index contributed by atoms with van der Waals surface area (Å²) >= 11 is 0. The van der Waals surface area contributed by atoms with Gasteiger partial charge in [0.05, 0.1) is 11.8 Å². The topological polar surface area (TPSA) is 58.4 Å². The van der Waals surface area contributed by atoms with E-state index in [4.69, 9.17) is 0 Å². The van der Waals surface area contributed by atoms with Gasteiger partial charge in [-0.2, -0.15) is 5.10 Å². The van der Waals surface area contributed by atoms with E-state index >= 15 is 0 Å². The molecule has 0 radical (unpaired) electrons. The van der Waals surface area contributed by atoms with Crippen molar-refractivity contribution in [2.75, 3.05) is 13.1 Å². The first-order valence-electron chi connectivity index (χ1n) is 8.69. The van der Waals surface area contributed by atoms with Crippen LogP contribution in [-0.2, 0) is 18.4 Å². The Kier molecular flexibility index (Phi) is 5.16. The Morgan fingerprint density at radius 3 is 2.68 bits per heavy atom. The van der Waals surface area contributed by atoms with Crippen LogP contribution in [0.25, 0.3) is 0 Å². The molecular weight excluding hydrogens is 316 g/mol. The van der Waals surface area contributed by atoms with E-state index in [2.05, 4.69) is 12.0 Å². The van der Waals surface area contributed by atoms with Crippen LogP contribution in [-0.4, -0.2) is 50.5 Å². The average Bonchev–Trinajstić information content (AvgIpc) is 3.00. The first kappa shape index (κ1) is 17.2. The highest BCUT2D eigenvalue weighted by molar-refractivity contribution is 5.94.